The zero-order valence-corrected chi connectivity index (χ0v) is 16.2. The molecule has 1 aromatic carbocycles. The molecule has 0 saturated carbocycles. The average molecular weight is 400 g/mol. The Labute approximate surface area is 172 Å². The van der Waals surface area contributed by atoms with Crippen molar-refractivity contribution in [2.24, 2.45) is 0 Å². The maximum Gasteiger partial charge on any atom is 0.293 e. The van der Waals surface area contributed by atoms with Gasteiger partial charge in [-0.2, -0.15) is 0 Å². The summed E-state index contributed by atoms with van der Waals surface area (Å²) in [6.07, 6.45) is 7.10. The van der Waals surface area contributed by atoms with Crippen molar-refractivity contribution in [3.8, 4) is 11.1 Å². The van der Waals surface area contributed by atoms with Gasteiger partial charge in [0.05, 0.1) is 25.1 Å². The molecule has 0 spiro atoms. The van der Waals surface area contributed by atoms with Crippen LogP contribution in [0.2, 0.25) is 0 Å². The number of anilines is 2. The third-order valence-corrected chi connectivity index (χ3v) is 5.09. The first-order valence-electron chi connectivity index (χ1n) is 9.76. The van der Waals surface area contributed by atoms with Crippen molar-refractivity contribution < 1.29 is 9.53 Å². The summed E-state index contributed by atoms with van der Waals surface area (Å²) in [7, 11) is 0. The fraction of sp³-hybridized carbons (Fsp3) is 0.182. The van der Waals surface area contributed by atoms with Gasteiger partial charge in [0, 0.05) is 53.9 Å². The molecular weight excluding hydrogens is 380 g/mol. The van der Waals surface area contributed by atoms with Crippen LogP contribution >= 0.6 is 0 Å². The molecule has 150 valence electrons. The highest BCUT2D eigenvalue weighted by Gasteiger charge is 2.16. The number of pyridine rings is 1. The minimum Gasteiger partial charge on any atom is -0.378 e. The number of para-hydroxylation sites is 1. The minimum absolute atomic E-state index is 0.120. The Morgan fingerprint density at radius 1 is 1.03 bits per heavy atom. The van der Waals surface area contributed by atoms with E-state index in [1.54, 1.807) is 12.4 Å². The largest absolute Gasteiger partial charge is 0.378 e. The average Bonchev–Trinajstić information content (AvgIpc) is 3.24. The van der Waals surface area contributed by atoms with Gasteiger partial charge < -0.3 is 19.9 Å². The van der Waals surface area contributed by atoms with Gasteiger partial charge in [-0.3, -0.25) is 4.79 Å². The van der Waals surface area contributed by atoms with Gasteiger partial charge in [-0.25, -0.2) is 15.0 Å². The number of rotatable bonds is 4. The molecule has 0 aliphatic carbocycles. The second-order valence-electron chi connectivity index (χ2n) is 7.01. The molecule has 4 heterocycles. The van der Waals surface area contributed by atoms with E-state index in [0.717, 1.165) is 54.2 Å². The predicted octanol–water partition coefficient (Wildman–Crippen LogP) is 3.11. The normalized spacial score (nSPS) is 14.1. The van der Waals surface area contributed by atoms with E-state index in [1.807, 2.05) is 42.7 Å². The molecule has 0 bridgehead atoms. The third-order valence-electron chi connectivity index (χ3n) is 5.09. The molecule has 5 rings (SSSR count). The smallest absolute Gasteiger partial charge is 0.293 e. The van der Waals surface area contributed by atoms with E-state index >= 15 is 0 Å². The fourth-order valence-corrected chi connectivity index (χ4v) is 3.52. The monoisotopic (exact) mass is 400 g/mol. The van der Waals surface area contributed by atoms with Gasteiger partial charge in [0.25, 0.3) is 5.91 Å². The number of ether oxygens (including phenoxy) is 1. The number of aromatic amines is 1. The second-order valence-corrected chi connectivity index (χ2v) is 7.01. The van der Waals surface area contributed by atoms with E-state index in [1.165, 1.54) is 0 Å². The number of hydrogen-bond acceptors (Lipinski definition) is 6. The summed E-state index contributed by atoms with van der Waals surface area (Å²) >= 11 is 0. The third kappa shape index (κ3) is 3.60. The Kier molecular flexibility index (Phi) is 4.82. The van der Waals surface area contributed by atoms with Gasteiger partial charge in [0.2, 0.25) is 5.82 Å². The Bertz CT molecular complexity index is 1170. The maximum atomic E-state index is 12.4. The van der Waals surface area contributed by atoms with Crippen LogP contribution in [0.5, 0.6) is 0 Å². The molecule has 1 amide bonds. The quantitative estimate of drug-likeness (QED) is 0.546. The molecule has 4 aromatic rings. The molecular formula is C22H20N6O2. The van der Waals surface area contributed by atoms with Gasteiger partial charge >= 0.3 is 0 Å². The first-order chi connectivity index (χ1) is 14.8. The van der Waals surface area contributed by atoms with Crippen molar-refractivity contribution in [3.05, 3.63) is 67.0 Å². The van der Waals surface area contributed by atoms with E-state index < -0.39 is 0 Å². The van der Waals surface area contributed by atoms with Crippen LogP contribution < -0.4 is 10.2 Å². The summed E-state index contributed by atoms with van der Waals surface area (Å²) in [6, 6.07) is 11.4. The molecule has 8 heteroatoms. The lowest BCUT2D eigenvalue weighted by molar-refractivity contribution is 0.101. The van der Waals surface area contributed by atoms with E-state index in [9.17, 15) is 4.79 Å². The Morgan fingerprint density at radius 3 is 2.57 bits per heavy atom. The zero-order chi connectivity index (χ0) is 20.3. The Hall–Kier alpha value is -3.78. The lowest BCUT2D eigenvalue weighted by Crippen LogP contribution is -2.36. The number of nitrogens with zero attached hydrogens (tertiary/aromatic N) is 4. The molecule has 0 unspecified atom stereocenters. The standard InChI is InChI=1S/C22H20N6O2/c29-22(27-16-4-2-1-3-5-16)21-23-11-15(12-24-21)19-14-26-20-18(19)10-17(13-25-20)28-6-8-30-9-7-28/h1-5,10-14H,6-9H2,(H,25,26)(H,27,29). The van der Waals surface area contributed by atoms with Crippen LogP contribution in [-0.4, -0.2) is 52.1 Å². The van der Waals surface area contributed by atoms with Crippen molar-refractivity contribution in [2.45, 2.75) is 0 Å². The number of H-pyrrole nitrogens is 1. The number of benzene rings is 1. The molecule has 3 aromatic heterocycles. The minimum atomic E-state index is -0.344. The topological polar surface area (TPSA) is 96.0 Å². The molecule has 1 saturated heterocycles. The van der Waals surface area contributed by atoms with Gasteiger partial charge in [-0.05, 0) is 18.2 Å². The van der Waals surface area contributed by atoms with Crippen LogP contribution in [0.4, 0.5) is 11.4 Å². The predicted molar refractivity (Wildman–Crippen MR) is 115 cm³/mol. The molecule has 1 fully saturated rings. The van der Waals surface area contributed by atoms with Crippen LogP contribution in [0.1, 0.15) is 10.6 Å². The molecule has 30 heavy (non-hydrogen) atoms. The van der Waals surface area contributed by atoms with Crippen molar-refractivity contribution in [2.75, 3.05) is 36.5 Å². The molecule has 0 atom stereocenters. The molecule has 8 nitrogen and oxygen atoms in total. The van der Waals surface area contributed by atoms with E-state index in [-0.39, 0.29) is 11.7 Å². The molecule has 1 aliphatic rings. The van der Waals surface area contributed by atoms with Crippen molar-refractivity contribution in [1.82, 2.24) is 19.9 Å². The van der Waals surface area contributed by atoms with Crippen molar-refractivity contribution in [1.29, 1.82) is 0 Å². The number of hydrogen-bond donors (Lipinski definition) is 2. The first kappa shape index (κ1) is 18.3. The number of amides is 1. The first-order valence-corrected chi connectivity index (χ1v) is 9.76. The van der Waals surface area contributed by atoms with Gasteiger partial charge in [-0.15, -0.1) is 0 Å². The number of carbonyl (C=O) groups excluding carboxylic acids is 1. The van der Waals surface area contributed by atoms with Crippen LogP contribution in [0.3, 0.4) is 0 Å². The van der Waals surface area contributed by atoms with Crippen LogP contribution in [0.25, 0.3) is 22.2 Å². The highest BCUT2D eigenvalue weighted by molar-refractivity contribution is 6.01. The Morgan fingerprint density at radius 2 is 1.80 bits per heavy atom. The van der Waals surface area contributed by atoms with E-state index in [4.69, 9.17) is 4.74 Å². The summed E-state index contributed by atoms with van der Waals surface area (Å²) in [5.74, 6) is -0.225. The van der Waals surface area contributed by atoms with Crippen LogP contribution in [0.15, 0.2) is 61.2 Å². The van der Waals surface area contributed by atoms with Gasteiger partial charge in [-0.1, -0.05) is 18.2 Å². The maximum absolute atomic E-state index is 12.4. The fourth-order valence-electron chi connectivity index (χ4n) is 3.52. The lowest BCUT2D eigenvalue weighted by Gasteiger charge is -2.28. The highest BCUT2D eigenvalue weighted by atomic mass is 16.5. The van der Waals surface area contributed by atoms with E-state index in [0.29, 0.717) is 5.69 Å². The molecule has 0 radical (unpaired) electrons. The summed E-state index contributed by atoms with van der Waals surface area (Å²) in [4.78, 5) is 30.9. The van der Waals surface area contributed by atoms with Crippen LogP contribution in [-0.2, 0) is 4.74 Å². The number of morpholine rings is 1. The Balaban J connectivity index is 1.40. The lowest BCUT2D eigenvalue weighted by atomic mass is 10.1. The molecule has 1 aliphatic heterocycles. The number of fused-ring (bicyclic) bond motifs is 1. The second kappa shape index (κ2) is 7.92. The highest BCUT2D eigenvalue weighted by Crippen LogP contribution is 2.30. The number of aromatic nitrogens is 4. The summed E-state index contributed by atoms with van der Waals surface area (Å²) < 4.78 is 5.44. The summed E-state index contributed by atoms with van der Waals surface area (Å²) in [6.45, 7) is 3.14. The van der Waals surface area contributed by atoms with Gasteiger partial charge in [0.15, 0.2) is 0 Å². The van der Waals surface area contributed by atoms with Crippen LogP contribution in [0, 0.1) is 0 Å². The number of carbonyl (C=O) groups is 1. The number of nitrogens with one attached hydrogen (secondary N) is 2. The summed E-state index contributed by atoms with van der Waals surface area (Å²) in [5.41, 5.74) is 4.33. The SMILES string of the molecule is O=C(Nc1ccccc1)c1ncc(-c2c[nH]c3ncc(N4CCOCC4)cc23)cn1. The summed E-state index contributed by atoms with van der Waals surface area (Å²) in [5, 5.41) is 3.78. The van der Waals surface area contributed by atoms with E-state index in [2.05, 4.69) is 36.2 Å². The van der Waals surface area contributed by atoms with Crippen molar-refractivity contribution in [3.63, 3.8) is 0 Å². The molecule has 2 N–H and O–H groups in total. The van der Waals surface area contributed by atoms with Gasteiger partial charge in [0.1, 0.15) is 5.65 Å². The zero-order valence-electron chi connectivity index (χ0n) is 16.2. The van der Waals surface area contributed by atoms with Crippen molar-refractivity contribution >= 4 is 28.3 Å².